The standard InChI is InChI=1S/C20H13Cl2FN2O/c21-16-6-3-5-15(18(16)22)19-24-17-7-2-1-4-14(17)20(26)25(19)13-10-8-12(23)9-11-13/h1-11,19,24H/t19-/m1/s1. The smallest absolute Gasteiger partial charge is 0.262 e. The Hall–Kier alpha value is -2.56. The van der Waals surface area contributed by atoms with Crippen molar-refractivity contribution in [3.8, 4) is 0 Å². The zero-order valence-corrected chi connectivity index (χ0v) is 14.9. The van der Waals surface area contributed by atoms with Gasteiger partial charge in [0.2, 0.25) is 0 Å². The number of anilines is 2. The van der Waals surface area contributed by atoms with Crippen LogP contribution < -0.4 is 10.2 Å². The van der Waals surface area contributed by atoms with Gasteiger partial charge in [-0.05, 0) is 42.5 Å². The first-order valence-electron chi connectivity index (χ1n) is 7.95. The van der Waals surface area contributed by atoms with E-state index in [0.29, 0.717) is 32.5 Å². The summed E-state index contributed by atoms with van der Waals surface area (Å²) in [5.74, 6) is -0.573. The zero-order chi connectivity index (χ0) is 18.3. The Morgan fingerprint density at radius 1 is 0.923 bits per heavy atom. The third kappa shape index (κ3) is 2.81. The molecule has 0 fully saturated rings. The zero-order valence-electron chi connectivity index (χ0n) is 13.4. The summed E-state index contributed by atoms with van der Waals surface area (Å²) in [6.45, 7) is 0. The average molecular weight is 387 g/mol. The van der Waals surface area contributed by atoms with Crippen LogP contribution in [0.3, 0.4) is 0 Å². The molecule has 1 amide bonds. The van der Waals surface area contributed by atoms with E-state index in [0.717, 1.165) is 0 Å². The van der Waals surface area contributed by atoms with Gasteiger partial charge in [-0.15, -0.1) is 0 Å². The van der Waals surface area contributed by atoms with Crippen LogP contribution in [-0.2, 0) is 0 Å². The number of fused-ring (bicyclic) bond motifs is 1. The van der Waals surface area contributed by atoms with Crippen molar-refractivity contribution in [2.75, 3.05) is 10.2 Å². The summed E-state index contributed by atoms with van der Waals surface area (Å²) in [7, 11) is 0. The first kappa shape index (κ1) is 16.9. The van der Waals surface area contributed by atoms with Crippen molar-refractivity contribution in [3.05, 3.63) is 93.7 Å². The SMILES string of the molecule is O=C1c2ccccc2N[C@@H](c2cccc(Cl)c2Cl)N1c1ccc(F)cc1. The highest BCUT2D eigenvalue weighted by molar-refractivity contribution is 6.42. The van der Waals surface area contributed by atoms with Gasteiger partial charge in [0.25, 0.3) is 5.91 Å². The number of benzene rings is 3. The molecule has 3 aromatic rings. The van der Waals surface area contributed by atoms with Crippen LogP contribution in [0.2, 0.25) is 10.0 Å². The van der Waals surface area contributed by atoms with Crippen LogP contribution in [0.1, 0.15) is 22.1 Å². The Kier molecular flexibility index (Phi) is 4.31. The Bertz CT molecular complexity index is 991. The van der Waals surface area contributed by atoms with Crippen LogP contribution in [-0.4, -0.2) is 5.91 Å². The minimum absolute atomic E-state index is 0.202. The second-order valence-corrected chi connectivity index (χ2v) is 6.67. The molecule has 0 saturated heterocycles. The fourth-order valence-corrected chi connectivity index (χ4v) is 3.48. The third-order valence-corrected chi connectivity index (χ3v) is 5.14. The van der Waals surface area contributed by atoms with E-state index in [1.165, 1.54) is 12.1 Å². The number of amides is 1. The van der Waals surface area contributed by atoms with Gasteiger partial charge in [0.05, 0.1) is 15.6 Å². The maximum Gasteiger partial charge on any atom is 0.262 e. The van der Waals surface area contributed by atoms with E-state index < -0.39 is 6.17 Å². The maximum absolute atomic E-state index is 13.4. The first-order valence-corrected chi connectivity index (χ1v) is 8.70. The van der Waals surface area contributed by atoms with Crippen LogP contribution >= 0.6 is 23.2 Å². The molecule has 0 aliphatic carbocycles. The predicted molar refractivity (Wildman–Crippen MR) is 102 cm³/mol. The number of nitrogens with one attached hydrogen (secondary N) is 1. The summed E-state index contributed by atoms with van der Waals surface area (Å²) in [6, 6.07) is 18.3. The fourth-order valence-electron chi connectivity index (χ4n) is 3.07. The maximum atomic E-state index is 13.4. The number of para-hydroxylation sites is 1. The first-order chi connectivity index (χ1) is 12.6. The molecule has 0 unspecified atom stereocenters. The van der Waals surface area contributed by atoms with Crippen LogP contribution in [0, 0.1) is 5.82 Å². The number of halogens is 3. The molecule has 6 heteroatoms. The summed E-state index contributed by atoms with van der Waals surface area (Å²) in [6.07, 6.45) is -0.575. The monoisotopic (exact) mass is 386 g/mol. The van der Waals surface area contributed by atoms with Gasteiger partial charge in [0.15, 0.2) is 0 Å². The number of carbonyl (C=O) groups excluding carboxylic acids is 1. The Balaban J connectivity index is 1.90. The molecule has 1 aliphatic heterocycles. The minimum atomic E-state index is -0.575. The number of hydrogen-bond donors (Lipinski definition) is 1. The molecule has 3 aromatic carbocycles. The van der Waals surface area contributed by atoms with Crippen LogP contribution in [0.25, 0.3) is 0 Å². The largest absolute Gasteiger partial charge is 0.360 e. The molecule has 1 aliphatic rings. The summed E-state index contributed by atoms with van der Waals surface area (Å²) >= 11 is 12.6. The van der Waals surface area contributed by atoms with Gasteiger partial charge in [-0.2, -0.15) is 0 Å². The van der Waals surface area contributed by atoms with Crippen LogP contribution in [0.5, 0.6) is 0 Å². The number of hydrogen-bond acceptors (Lipinski definition) is 2. The molecule has 0 saturated carbocycles. The Morgan fingerprint density at radius 2 is 1.65 bits per heavy atom. The van der Waals surface area contributed by atoms with E-state index in [4.69, 9.17) is 23.2 Å². The van der Waals surface area contributed by atoms with E-state index in [-0.39, 0.29) is 11.7 Å². The summed E-state index contributed by atoms with van der Waals surface area (Å²) in [5, 5.41) is 4.11. The van der Waals surface area contributed by atoms with E-state index in [1.807, 2.05) is 18.2 Å². The van der Waals surface area contributed by atoms with Gasteiger partial charge < -0.3 is 5.32 Å². The Morgan fingerprint density at radius 3 is 2.42 bits per heavy atom. The minimum Gasteiger partial charge on any atom is -0.360 e. The van der Waals surface area contributed by atoms with Gasteiger partial charge in [-0.25, -0.2) is 4.39 Å². The summed E-state index contributed by atoms with van der Waals surface area (Å²) in [4.78, 5) is 14.8. The van der Waals surface area contributed by atoms with Crippen molar-refractivity contribution in [2.24, 2.45) is 0 Å². The van der Waals surface area contributed by atoms with E-state index >= 15 is 0 Å². The van der Waals surface area contributed by atoms with Gasteiger partial charge in [0, 0.05) is 16.9 Å². The van der Waals surface area contributed by atoms with Crippen molar-refractivity contribution in [1.29, 1.82) is 0 Å². The summed E-state index contributed by atoms with van der Waals surface area (Å²) < 4.78 is 13.4. The van der Waals surface area contributed by atoms with Crippen LogP contribution in [0.4, 0.5) is 15.8 Å². The molecule has 3 nitrogen and oxygen atoms in total. The third-order valence-electron chi connectivity index (χ3n) is 4.31. The van der Waals surface area contributed by atoms with E-state index in [2.05, 4.69) is 5.32 Å². The molecule has 130 valence electrons. The molecule has 0 bridgehead atoms. The van der Waals surface area contributed by atoms with Crippen molar-refractivity contribution in [1.82, 2.24) is 0 Å². The molecule has 4 rings (SSSR count). The van der Waals surface area contributed by atoms with Gasteiger partial charge >= 0.3 is 0 Å². The van der Waals surface area contributed by atoms with Crippen molar-refractivity contribution < 1.29 is 9.18 Å². The quantitative estimate of drug-likeness (QED) is 0.594. The molecule has 1 atom stereocenters. The number of nitrogens with zero attached hydrogens (tertiary/aromatic N) is 1. The van der Waals surface area contributed by atoms with Gasteiger partial charge in [-0.3, -0.25) is 9.69 Å². The van der Waals surface area contributed by atoms with Crippen molar-refractivity contribution in [3.63, 3.8) is 0 Å². The molecular weight excluding hydrogens is 374 g/mol. The molecule has 26 heavy (non-hydrogen) atoms. The average Bonchev–Trinajstić information content (AvgIpc) is 2.65. The van der Waals surface area contributed by atoms with E-state index in [1.54, 1.807) is 41.3 Å². The second kappa shape index (κ2) is 6.63. The van der Waals surface area contributed by atoms with Gasteiger partial charge in [0.1, 0.15) is 12.0 Å². The highest BCUT2D eigenvalue weighted by Crippen LogP contribution is 2.40. The Labute approximate surface area is 160 Å². The fraction of sp³-hybridized carbons (Fsp3) is 0.0500. The normalized spacial score (nSPS) is 16.2. The lowest BCUT2D eigenvalue weighted by molar-refractivity contribution is 0.0975. The lowest BCUT2D eigenvalue weighted by atomic mass is 10.0. The van der Waals surface area contributed by atoms with Crippen molar-refractivity contribution >= 4 is 40.5 Å². The number of rotatable bonds is 2. The molecule has 1 heterocycles. The second-order valence-electron chi connectivity index (χ2n) is 5.89. The van der Waals surface area contributed by atoms with E-state index in [9.17, 15) is 9.18 Å². The summed E-state index contributed by atoms with van der Waals surface area (Å²) in [5.41, 5.74) is 2.45. The highest BCUT2D eigenvalue weighted by atomic mass is 35.5. The predicted octanol–water partition coefficient (Wildman–Crippen LogP) is 5.90. The van der Waals surface area contributed by atoms with Crippen LogP contribution in [0.15, 0.2) is 66.7 Å². The molecule has 0 aromatic heterocycles. The molecule has 1 N–H and O–H groups in total. The lowest BCUT2D eigenvalue weighted by Crippen LogP contribution is -2.43. The highest BCUT2D eigenvalue weighted by Gasteiger charge is 2.35. The van der Waals surface area contributed by atoms with Gasteiger partial charge in [-0.1, -0.05) is 47.5 Å². The topological polar surface area (TPSA) is 32.3 Å². The van der Waals surface area contributed by atoms with Crippen molar-refractivity contribution in [2.45, 2.75) is 6.17 Å². The number of carbonyl (C=O) groups is 1. The molecule has 0 spiro atoms. The molecule has 0 radical (unpaired) electrons. The lowest BCUT2D eigenvalue weighted by Gasteiger charge is -2.38. The molecular formula is C20H13Cl2FN2O.